The first-order chi connectivity index (χ1) is 15.7. The van der Waals surface area contributed by atoms with Crippen LogP contribution in [0.2, 0.25) is 0 Å². The van der Waals surface area contributed by atoms with Crippen LogP contribution < -0.4 is 10.1 Å². The number of para-hydroxylation sites is 1. The molecule has 2 N–H and O–H groups in total. The van der Waals surface area contributed by atoms with E-state index in [1.165, 1.54) is 10.8 Å². The van der Waals surface area contributed by atoms with Crippen molar-refractivity contribution in [2.75, 3.05) is 5.32 Å². The maximum Gasteiger partial charge on any atom is 0.416 e. The molecule has 168 valence electrons. The van der Waals surface area contributed by atoms with Crippen molar-refractivity contribution < 1.29 is 19.4 Å². The number of carbonyl (C=O) groups excluding carboxylic acids is 1. The number of nitrogens with one attached hydrogen (secondary N) is 1. The number of hydrogen-bond acceptors (Lipinski definition) is 5. The van der Waals surface area contributed by atoms with E-state index in [2.05, 4.69) is 15.3 Å². The lowest BCUT2D eigenvalue weighted by Gasteiger charge is -2.22. The lowest BCUT2D eigenvalue weighted by molar-refractivity contribution is 0.102. The van der Waals surface area contributed by atoms with Crippen molar-refractivity contribution in [1.82, 2.24) is 14.5 Å². The number of rotatable bonds is 4. The van der Waals surface area contributed by atoms with E-state index in [0.717, 1.165) is 5.69 Å². The number of amides is 1. The van der Waals surface area contributed by atoms with Gasteiger partial charge in [0.05, 0.1) is 28.7 Å². The highest BCUT2D eigenvalue weighted by atomic mass is 16.5. The van der Waals surface area contributed by atoms with Crippen LogP contribution in [0.25, 0.3) is 10.9 Å². The molecular weight excluding hydrogens is 420 g/mol. The first kappa shape index (κ1) is 22.0. The van der Waals surface area contributed by atoms with Crippen molar-refractivity contribution >= 4 is 28.6 Å². The minimum Gasteiger partial charge on any atom is -0.464 e. The van der Waals surface area contributed by atoms with Gasteiger partial charge >= 0.3 is 6.09 Å². The van der Waals surface area contributed by atoms with E-state index in [1.807, 2.05) is 27.7 Å². The molecule has 1 amide bonds. The zero-order valence-corrected chi connectivity index (χ0v) is 18.8. The Morgan fingerprint density at radius 2 is 1.79 bits per heavy atom. The van der Waals surface area contributed by atoms with E-state index in [0.29, 0.717) is 39.5 Å². The Morgan fingerprint density at radius 3 is 2.42 bits per heavy atom. The molecule has 0 spiro atoms. The number of fused-ring (bicyclic) bond motifs is 1. The number of aryl methyl sites for hydroxylation is 1. The predicted molar refractivity (Wildman–Crippen MR) is 125 cm³/mol. The molecule has 0 bridgehead atoms. The summed E-state index contributed by atoms with van der Waals surface area (Å²) in [6.45, 7) is 7.48. The van der Waals surface area contributed by atoms with Gasteiger partial charge in [-0.3, -0.25) is 9.78 Å². The van der Waals surface area contributed by atoms with Gasteiger partial charge in [-0.15, -0.1) is 0 Å². The second-order valence-corrected chi connectivity index (χ2v) is 8.64. The molecule has 3 heterocycles. The third kappa shape index (κ3) is 4.27. The lowest BCUT2D eigenvalue weighted by Crippen LogP contribution is -2.26. The number of anilines is 1. The largest absolute Gasteiger partial charge is 0.464 e. The summed E-state index contributed by atoms with van der Waals surface area (Å²) >= 11 is 0. The number of pyridine rings is 2. The number of hydrogen-bond donors (Lipinski definition) is 2. The van der Waals surface area contributed by atoms with E-state index in [9.17, 15) is 14.7 Å². The minimum atomic E-state index is -1.14. The fourth-order valence-corrected chi connectivity index (χ4v) is 3.78. The summed E-state index contributed by atoms with van der Waals surface area (Å²) in [4.78, 5) is 33.9. The third-order valence-corrected chi connectivity index (χ3v) is 5.17. The van der Waals surface area contributed by atoms with Crippen LogP contribution in [0.5, 0.6) is 11.6 Å². The zero-order chi connectivity index (χ0) is 23.8. The number of nitrogens with zero attached hydrogens (tertiary/aromatic N) is 3. The molecular formula is C25H24N4O4. The fourth-order valence-electron chi connectivity index (χ4n) is 3.78. The number of aromatic nitrogens is 3. The highest BCUT2D eigenvalue weighted by Gasteiger charge is 2.32. The molecule has 0 radical (unpaired) electrons. The van der Waals surface area contributed by atoms with Crippen LogP contribution in [0.4, 0.5) is 10.5 Å². The van der Waals surface area contributed by atoms with Gasteiger partial charge in [-0.05, 0) is 31.2 Å². The van der Waals surface area contributed by atoms with Crippen molar-refractivity contribution in [3.05, 3.63) is 77.9 Å². The molecule has 0 saturated heterocycles. The van der Waals surface area contributed by atoms with Crippen molar-refractivity contribution in [2.24, 2.45) is 0 Å². The lowest BCUT2D eigenvalue weighted by atomic mass is 9.88. The van der Waals surface area contributed by atoms with Crippen LogP contribution in [0.1, 0.15) is 42.5 Å². The van der Waals surface area contributed by atoms with E-state index in [1.54, 1.807) is 54.7 Å². The van der Waals surface area contributed by atoms with Gasteiger partial charge in [-0.1, -0.05) is 39.0 Å². The van der Waals surface area contributed by atoms with Gasteiger partial charge in [-0.2, -0.15) is 0 Å². The van der Waals surface area contributed by atoms with Gasteiger partial charge in [0.15, 0.2) is 5.75 Å². The van der Waals surface area contributed by atoms with Gasteiger partial charge in [0, 0.05) is 28.8 Å². The first-order valence-corrected chi connectivity index (χ1v) is 10.4. The summed E-state index contributed by atoms with van der Waals surface area (Å²) in [5.41, 5.74) is 1.82. The van der Waals surface area contributed by atoms with Crippen molar-refractivity contribution in [3.63, 3.8) is 0 Å². The molecule has 4 rings (SSSR count). The first-order valence-electron chi connectivity index (χ1n) is 10.4. The molecule has 0 aliphatic rings. The SMILES string of the molecule is Cc1ncccc1Oc1ccc(NC(=O)c2c(C(C)(C)C)n(C(=O)O)c3ccccc23)cn1. The summed E-state index contributed by atoms with van der Waals surface area (Å²) in [5.74, 6) is 0.551. The zero-order valence-electron chi connectivity index (χ0n) is 18.8. The summed E-state index contributed by atoms with van der Waals surface area (Å²) in [7, 11) is 0. The Bertz CT molecular complexity index is 1350. The molecule has 1 aromatic carbocycles. The van der Waals surface area contributed by atoms with E-state index in [4.69, 9.17) is 4.74 Å². The van der Waals surface area contributed by atoms with Crippen LogP contribution in [-0.4, -0.2) is 31.6 Å². The third-order valence-electron chi connectivity index (χ3n) is 5.17. The average Bonchev–Trinajstić information content (AvgIpc) is 3.13. The molecule has 0 aliphatic heterocycles. The number of carboxylic acid groups (broad SMARTS) is 1. The molecule has 0 unspecified atom stereocenters. The number of ether oxygens (including phenoxy) is 1. The van der Waals surface area contributed by atoms with E-state index >= 15 is 0 Å². The number of carbonyl (C=O) groups is 2. The average molecular weight is 444 g/mol. The van der Waals surface area contributed by atoms with Crippen LogP contribution in [-0.2, 0) is 5.41 Å². The molecule has 0 aliphatic carbocycles. The van der Waals surface area contributed by atoms with Crippen molar-refractivity contribution in [1.29, 1.82) is 0 Å². The van der Waals surface area contributed by atoms with Crippen molar-refractivity contribution in [3.8, 4) is 11.6 Å². The molecule has 8 heteroatoms. The monoisotopic (exact) mass is 444 g/mol. The van der Waals surface area contributed by atoms with Gasteiger partial charge in [-0.25, -0.2) is 14.3 Å². The summed E-state index contributed by atoms with van der Waals surface area (Å²) in [6.07, 6.45) is 2.04. The number of benzene rings is 1. The molecule has 8 nitrogen and oxygen atoms in total. The molecule has 0 atom stereocenters. The standard InChI is InChI=1S/C25H24N4O4/c1-15-19(10-7-13-26-15)33-20-12-11-16(14-27-20)28-23(30)21-17-8-5-6-9-18(17)29(24(31)32)22(21)25(2,3)4/h5-14H,1-4H3,(H,28,30)(H,31,32). The topological polar surface area (TPSA) is 106 Å². The Hall–Kier alpha value is -4.20. The van der Waals surface area contributed by atoms with Crippen LogP contribution in [0, 0.1) is 6.92 Å². The quantitative estimate of drug-likeness (QED) is 0.424. The summed E-state index contributed by atoms with van der Waals surface area (Å²) in [5, 5.41) is 13.3. The van der Waals surface area contributed by atoms with Gasteiger partial charge in [0.25, 0.3) is 5.91 Å². The highest BCUT2D eigenvalue weighted by molar-refractivity contribution is 6.15. The maximum atomic E-state index is 13.4. The van der Waals surface area contributed by atoms with Crippen molar-refractivity contribution in [2.45, 2.75) is 33.1 Å². The Morgan fingerprint density at radius 1 is 1.03 bits per heavy atom. The Kier molecular flexibility index (Phi) is 5.59. The Balaban J connectivity index is 1.67. The summed E-state index contributed by atoms with van der Waals surface area (Å²) < 4.78 is 6.94. The second-order valence-electron chi connectivity index (χ2n) is 8.64. The molecule has 3 aromatic heterocycles. The van der Waals surface area contributed by atoms with Crippen LogP contribution in [0.15, 0.2) is 60.9 Å². The highest BCUT2D eigenvalue weighted by Crippen LogP contribution is 2.35. The Labute approximate surface area is 190 Å². The van der Waals surface area contributed by atoms with E-state index in [-0.39, 0.29) is 0 Å². The molecule has 33 heavy (non-hydrogen) atoms. The van der Waals surface area contributed by atoms with Crippen LogP contribution in [0.3, 0.4) is 0 Å². The van der Waals surface area contributed by atoms with E-state index < -0.39 is 17.4 Å². The maximum absolute atomic E-state index is 13.4. The molecule has 0 fully saturated rings. The van der Waals surface area contributed by atoms with Gasteiger partial charge in [0.2, 0.25) is 5.88 Å². The second kappa shape index (κ2) is 8.38. The van der Waals surface area contributed by atoms with Gasteiger partial charge in [0.1, 0.15) is 0 Å². The summed E-state index contributed by atoms with van der Waals surface area (Å²) in [6, 6.07) is 13.9. The molecule has 0 saturated carbocycles. The normalized spacial score (nSPS) is 11.4. The fraction of sp³-hybridized carbons (Fsp3) is 0.200. The molecule has 4 aromatic rings. The van der Waals surface area contributed by atoms with Crippen LogP contribution >= 0.6 is 0 Å². The minimum absolute atomic E-state index is 0.326. The smallest absolute Gasteiger partial charge is 0.416 e. The van der Waals surface area contributed by atoms with Gasteiger partial charge < -0.3 is 15.2 Å². The predicted octanol–water partition coefficient (Wildman–Crippen LogP) is 5.61.